The minimum Gasteiger partial charge on any atom is -0.496 e. The van der Waals surface area contributed by atoms with E-state index in [-0.39, 0.29) is 12.5 Å². The van der Waals surface area contributed by atoms with Crippen molar-refractivity contribution in [2.45, 2.75) is 12.7 Å². The zero-order valence-corrected chi connectivity index (χ0v) is 16.1. The molecule has 1 aromatic carbocycles. The minimum absolute atomic E-state index is 0.0861. The molecule has 1 aliphatic heterocycles. The number of benzene rings is 1. The Hall–Kier alpha value is -2.81. The third-order valence-corrected chi connectivity index (χ3v) is 4.81. The number of amides is 1. The number of carbonyl (C=O) groups is 1. The number of nitrogens with zero attached hydrogens (tertiary/aromatic N) is 3. The van der Waals surface area contributed by atoms with E-state index < -0.39 is 11.7 Å². The first-order valence-corrected chi connectivity index (χ1v) is 9.26. The zero-order valence-electron chi connectivity index (χ0n) is 16.1. The topological polar surface area (TPSA) is 57.7 Å². The molecule has 0 atom stereocenters. The summed E-state index contributed by atoms with van der Waals surface area (Å²) in [5.74, 6) is 1.15. The Bertz CT molecular complexity index is 819. The summed E-state index contributed by atoms with van der Waals surface area (Å²) in [7, 11) is 1.59. The Balaban J connectivity index is 1.45. The lowest BCUT2D eigenvalue weighted by Crippen LogP contribution is -2.49. The molecule has 1 saturated heterocycles. The molecule has 0 radical (unpaired) electrons. The lowest BCUT2D eigenvalue weighted by Gasteiger charge is -2.35. The van der Waals surface area contributed by atoms with Crippen molar-refractivity contribution in [3.63, 3.8) is 0 Å². The second-order valence-corrected chi connectivity index (χ2v) is 6.75. The average Bonchev–Trinajstić information content (AvgIpc) is 2.72. The van der Waals surface area contributed by atoms with E-state index in [1.807, 2.05) is 34.1 Å². The van der Waals surface area contributed by atoms with Gasteiger partial charge in [-0.25, -0.2) is 4.98 Å². The number of pyridine rings is 1. The first-order chi connectivity index (χ1) is 13.9. The Kier molecular flexibility index (Phi) is 6.58. The summed E-state index contributed by atoms with van der Waals surface area (Å²) >= 11 is 0. The minimum atomic E-state index is -4.39. The smallest absolute Gasteiger partial charge is 0.417 e. The molecule has 1 aromatic heterocycles. The number of anilines is 1. The molecule has 6 nitrogen and oxygen atoms in total. The predicted octanol–water partition coefficient (Wildman–Crippen LogP) is 2.55. The Morgan fingerprint density at radius 2 is 1.86 bits per heavy atom. The second-order valence-electron chi connectivity index (χ2n) is 6.75. The molecular formula is C20H23F3N4O2. The highest BCUT2D eigenvalue weighted by molar-refractivity contribution is 5.78. The fraction of sp³-hybridized carbons (Fsp3) is 0.400. The van der Waals surface area contributed by atoms with Crippen LogP contribution in [0.5, 0.6) is 5.75 Å². The summed E-state index contributed by atoms with van der Waals surface area (Å²) in [5.41, 5.74) is 0.146. The fourth-order valence-corrected chi connectivity index (χ4v) is 3.18. The molecule has 1 aliphatic rings. The normalized spacial score (nSPS) is 15.2. The summed E-state index contributed by atoms with van der Waals surface area (Å²) in [6, 6.07) is 9.93. The van der Waals surface area contributed by atoms with Crippen LogP contribution in [0.1, 0.15) is 11.1 Å². The number of methoxy groups -OCH3 is 1. The number of ether oxygens (including phenoxy) is 1. The Morgan fingerprint density at radius 3 is 2.48 bits per heavy atom. The number of nitrogens with one attached hydrogen (secondary N) is 1. The van der Waals surface area contributed by atoms with Gasteiger partial charge in [0, 0.05) is 44.5 Å². The van der Waals surface area contributed by atoms with Crippen LogP contribution in [0.15, 0.2) is 42.6 Å². The third-order valence-electron chi connectivity index (χ3n) is 4.81. The zero-order chi connectivity index (χ0) is 20.9. The van der Waals surface area contributed by atoms with Gasteiger partial charge in [-0.15, -0.1) is 0 Å². The summed E-state index contributed by atoms with van der Waals surface area (Å²) < 4.78 is 43.2. The van der Waals surface area contributed by atoms with Gasteiger partial charge in [0.05, 0.1) is 19.2 Å². The highest BCUT2D eigenvalue weighted by atomic mass is 19.4. The van der Waals surface area contributed by atoms with Crippen molar-refractivity contribution in [1.29, 1.82) is 0 Å². The number of carbonyl (C=O) groups excluding carboxylic acids is 1. The van der Waals surface area contributed by atoms with Gasteiger partial charge in [-0.2, -0.15) is 13.2 Å². The van der Waals surface area contributed by atoms with Crippen LogP contribution in [0.4, 0.5) is 19.0 Å². The van der Waals surface area contributed by atoms with E-state index in [0.29, 0.717) is 38.5 Å². The van der Waals surface area contributed by atoms with Crippen LogP contribution in [-0.2, 0) is 17.5 Å². The van der Waals surface area contributed by atoms with Gasteiger partial charge in [-0.05, 0) is 18.2 Å². The Labute approximate surface area is 167 Å². The molecule has 0 bridgehead atoms. The number of aromatic nitrogens is 1. The van der Waals surface area contributed by atoms with E-state index in [9.17, 15) is 18.0 Å². The average molecular weight is 408 g/mol. The molecule has 29 heavy (non-hydrogen) atoms. The molecular weight excluding hydrogens is 385 g/mol. The lowest BCUT2D eigenvalue weighted by atomic mass is 10.2. The third kappa shape index (κ3) is 5.60. The van der Waals surface area contributed by atoms with Gasteiger partial charge >= 0.3 is 6.18 Å². The van der Waals surface area contributed by atoms with E-state index in [2.05, 4.69) is 10.3 Å². The van der Waals surface area contributed by atoms with E-state index >= 15 is 0 Å². The standard InChI is InChI=1S/C20H23F3N4O2/c1-29-17-5-3-2-4-15(17)12-25-19(28)14-26-8-10-27(11-9-26)18-7-6-16(13-24-18)20(21,22)23/h2-7,13H,8-12,14H2,1H3,(H,25,28). The van der Waals surface area contributed by atoms with Crippen molar-refractivity contribution < 1.29 is 22.7 Å². The van der Waals surface area contributed by atoms with Crippen LogP contribution < -0.4 is 15.0 Å². The molecule has 156 valence electrons. The summed E-state index contributed by atoms with van der Waals surface area (Å²) in [5, 5.41) is 2.89. The number of hydrogen-bond donors (Lipinski definition) is 1. The SMILES string of the molecule is COc1ccccc1CNC(=O)CN1CCN(c2ccc(C(F)(F)F)cn2)CC1. The van der Waals surface area contributed by atoms with Crippen molar-refractivity contribution in [1.82, 2.24) is 15.2 Å². The maximum absolute atomic E-state index is 12.6. The maximum atomic E-state index is 12.6. The van der Waals surface area contributed by atoms with E-state index in [4.69, 9.17) is 4.74 Å². The first-order valence-electron chi connectivity index (χ1n) is 9.26. The van der Waals surface area contributed by atoms with Gasteiger partial charge in [0.15, 0.2) is 0 Å². The molecule has 3 rings (SSSR count). The molecule has 0 spiro atoms. The van der Waals surface area contributed by atoms with Crippen LogP contribution in [0.3, 0.4) is 0 Å². The molecule has 0 saturated carbocycles. The molecule has 0 unspecified atom stereocenters. The molecule has 2 aromatic rings. The molecule has 2 heterocycles. The predicted molar refractivity (Wildman–Crippen MR) is 103 cm³/mol. The van der Waals surface area contributed by atoms with Crippen molar-refractivity contribution >= 4 is 11.7 Å². The largest absolute Gasteiger partial charge is 0.496 e. The summed E-state index contributed by atoms with van der Waals surface area (Å²) in [4.78, 5) is 20.1. The van der Waals surface area contributed by atoms with Gasteiger partial charge in [0.25, 0.3) is 0 Å². The van der Waals surface area contributed by atoms with Crippen LogP contribution in [-0.4, -0.2) is 55.6 Å². The van der Waals surface area contributed by atoms with Crippen LogP contribution in [0, 0.1) is 0 Å². The number of para-hydroxylation sites is 1. The number of hydrogen-bond acceptors (Lipinski definition) is 5. The quantitative estimate of drug-likeness (QED) is 0.796. The number of piperazine rings is 1. The van der Waals surface area contributed by atoms with Crippen LogP contribution in [0.25, 0.3) is 0 Å². The van der Waals surface area contributed by atoms with Crippen molar-refractivity contribution in [2.75, 3.05) is 44.7 Å². The second kappa shape index (κ2) is 9.13. The number of rotatable bonds is 6. The molecule has 9 heteroatoms. The number of alkyl halides is 3. The fourth-order valence-electron chi connectivity index (χ4n) is 3.18. The summed E-state index contributed by atoms with van der Waals surface area (Å²) in [6.45, 7) is 3.10. The monoisotopic (exact) mass is 408 g/mol. The van der Waals surface area contributed by atoms with Crippen molar-refractivity contribution in [3.05, 3.63) is 53.7 Å². The Morgan fingerprint density at radius 1 is 1.14 bits per heavy atom. The van der Waals surface area contributed by atoms with Gasteiger partial charge in [-0.1, -0.05) is 18.2 Å². The van der Waals surface area contributed by atoms with E-state index in [1.54, 1.807) is 7.11 Å². The first kappa shape index (κ1) is 20.9. The van der Waals surface area contributed by atoms with E-state index in [0.717, 1.165) is 23.6 Å². The van der Waals surface area contributed by atoms with Crippen LogP contribution >= 0.6 is 0 Å². The van der Waals surface area contributed by atoms with Crippen molar-refractivity contribution in [2.24, 2.45) is 0 Å². The van der Waals surface area contributed by atoms with Gasteiger partial charge in [0.2, 0.25) is 5.91 Å². The molecule has 1 amide bonds. The van der Waals surface area contributed by atoms with Gasteiger partial charge < -0.3 is 15.0 Å². The number of halogens is 3. The highest BCUT2D eigenvalue weighted by Gasteiger charge is 2.31. The molecule has 1 fully saturated rings. The molecule has 0 aliphatic carbocycles. The molecule has 1 N–H and O–H groups in total. The lowest BCUT2D eigenvalue weighted by molar-refractivity contribution is -0.137. The van der Waals surface area contributed by atoms with Crippen molar-refractivity contribution in [3.8, 4) is 5.75 Å². The van der Waals surface area contributed by atoms with E-state index in [1.165, 1.54) is 6.07 Å². The highest BCUT2D eigenvalue weighted by Crippen LogP contribution is 2.29. The van der Waals surface area contributed by atoms with Gasteiger partial charge in [0.1, 0.15) is 11.6 Å². The maximum Gasteiger partial charge on any atom is 0.417 e. The van der Waals surface area contributed by atoms with Gasteiger partial charge in [-0.3, -0.25) is 9.69 Å². The summed E-state index contributed by atoms with van der Waals surface area (Å²) in [6.07, 6.45) is -3.53. The van der Waals surface area contributed by atoms with Crippen LogP contribution in [0.2, 0.25) is 0 Å².